The zero-order chi connectivity index (χ0) is 16.8. The van der Waals surface area contributed by atoms with Gasteiger partial charge in [0.25, 0.3) is 5.91 Å². The van der Waals surface area contributed by atoms with Gasteiger partial charge in [-0.3, -0.25) is 9.78 Å². The Morgan fingerprint density at radius 3 is 2.96 bits per heavy atom. The zero-order valence-electron chi connectivity index (χ0n) is 13.4. The van der Waals surface area contributed by atoms with E-state index in [0.29, 0.717) is 30.3 Å². The molecule has 1 N–H and O–H groups in total. The van der Waals surface area contributed by atoms with Crippen molar-refractivity contribution >= 4 is 17.4 Å². The van der Waals surface area contributed by atoms with Crippen LogP contribution in [0.4, 0.5) is 11.5 Å². The van der Waals surface area contributed by atoms with Crippen LogP contribution in [0.1, 0.15) is 29.6 Å². The fourth-order valence-corrected chi connectivity index (χ4v) is 2.50. The summed E-state index contributed by atoms with van der Waals surface area (Å²) in [4.78, 5) is 22.7. The topological polar surface area (TPSA) is 81.9 Å². The highest BCUT2D eigenvalue weighted by Crippen LogP contribution is 2.30. The third-order valence-corrected chi connectivity index (χ3v) is 3.90. The zero-order valence-corrected chi connectivity index (χ0v) is 13.4. The Bertz CT molecular complexity index is 737. The maximum atomic E-state index is 12.8. The second-order valence-electron chi connectivity index (χ2n) is 5.90. The maximum Gasteiger partial charge on any atom is 0.253 e. The average molecular weight is 321 g/mol. The van der Waals surface area contributed by atoms with Crippen LogP contribution < -0.4 is 5.32 Å². The SMILES string of the molecule is N#CCCN(CC1CC1)C(=O)c1cccc(Nc2cnccn2)c1. The van der Waals surface area contributed by atoms with Crippen molar-refractivity contribution in [1.29, 1.82) is 5.26 Å². The lowest BCUT2D eigenvalue weighted by Crippen LogP contribution is -2.33. The van der Waals surface area contributed by atoms with Gasteiger partial charge in [0.2, 0.25) is 0 Å². The molecule has 1 fully saturated rings. The van der Waals surface area contributed by atoms with Crippen LogP contribution in [0, 0.1) is 17.2 Å². The normalized spacial score (nSPS) is 13.1. The standard InChI is InChI=1S/C18H19N5O/c19-7-2-10-23(13-14-5-6-14)18(24)15-3-1-4-16(11-15)22-17-12-20-8-9-21-17/h1,3-4,8-9,11-12,14H,2,5-6,10,13H2,(H,21,22). The largest absolute Gasteiger partial charge is 0.339 e. The second kappa shape index (κ2) is 7.55. The van der Waals surface area contributed by atoms with Crippen molar-refractivity contribution in [2.45, 2.75) is 19.3 Å². The number of nitriles is 1. The molecule has 1 aromatic carbocycles. The molecule has 1 aromatic heterocycles. The summed E-state index contributed by atoms with van der Waals surface area (Å²) in [6.07, 6.45) is 7.54. The molecule has 0 bridgehead atoms. The van der Waals surface area contributed by atoms with Crippen molar-refractivity contribution in [1.82, 2.24) is 14.9 Å². The highest BCUT2D eigenvalue weighted by atomic mass is 16.2. The number of aromatic nitrogens is 2. The van der Waals surface area contributed by atoms with Crippen molar-refractivity contribution in [2.75, 3.05) is 18.4 Å². The number of carbonyl (C=O) groups excluding carboxylic acids is 1. The van der Waals surface area contributed by atoms with Crippen LogP contribution in [0.25, 0.3) is 0 Å². The Hall–Kier alpha value is -2.94. The molecule has 3 rings (SSSR count). The molecular formula is C18H19N5O. The minimum Gasteiger partial charge on any atom is -0.339 e. The van der Waals surface area contributed by atoms with Crippen LogP contribution in [-0.4, -0.2) is 33.9 Å². The predicted molar refractivity (Wildman–Crippen MR) is 90.6 cm³/mol. The summed E-state index contributed by atoms with van der Waals surface area (Å²) in [7, 11) is 0. The Morgan fingerprint density at radius 2 is 2.25 bits per heavy atom. The lowest BCUT2D eigenvalue weighted by molar-refractivity contribution is 0.0751. The fraction of sp³-hybridized carbons (Fsp3) is 0.333. The molecule has 0 saturated heterocycles. The molecule has 0 spiro atoms. The third-order valence-electron chi connectivity index (χ3n) is 3.90. The smallest absolute Gasteiger partial charge is 0.253 e. The van der Waals surface area contributed by atoms with Crippen molar-refractivity contribution < 1.29 is 4.79 Å². The molecule has 0 unspecified atom stereocenters. The van der Waals surface area contributed by atoms with E-state index in [4.69, 9.17) is 5.26 Å². The minimum absolute atomic E-state index is 0.0278. The van der Waals surface area contributed by atoms with E-state index in [1.54, 1.807) is 29.6 Å². The number of anilines is 2. The summed E-state index contributed by atoms with van der Waals surface area (Å²) in [6, 6.07) is 9.45. The predicted octanol–water partition coefficient (Wildman–Crippen LogP) is 2.99. The number of amides is 1. The third kappa shape index (κ3) is 4.29. The van der Waals surface area contributed by atoms with Crippen molar-refractivity contribution in [3.63, 3.8) is 0 Å². The molecule has 0 atom stereocenters. The molecule has 0 aliphatic heterocycles. The van der Waals surface area contributed by atoms with Gasteiger partial charge in [-0.15, -0.1) is 0 Å². The molecule has 122 valence electrons. The number of hydrogen-bond donors (Lipinski definition) is 1. The molecular weight excluding hydrogens is 302 g/mol. The van der Waals surface area contributed by atoms with Crippen molar-refractivity contribution in [2.24, 2.45) is 5.92 Å². The first-order chi connectivity index (χ1) is 11.8. The minimum atomic E-state index is -0.0278. The van der Waals surface area contributed by atoms with Gasteiger partial charge in [-0.05, 0) is 37.0 Å². The number of hydrogen-bond acceptors (Lipinski definition) is 5. The van der Waals surface area contributed by atoms with Gasteiger partial charge in [0, 0.05) is 36.7 Å². The van der Waals surface area contributed by atoms with E-state index in [2.05, 4.69) is 21.4 Å². The van der Waals surface area contributed by atoms with E-state index in [-0.39, 0.29) is 5.91 Å². The van der Waals surface area contributed by atoms with E-state index in [1.807, 2.05) is 18.2 Å². The van der Waals surface area contributed by atoms with Gasteiger partial charge >= 0.3 is 0 Å². The quantitative estimate of drug-likeness (QED) is 0.847. The Morgan fingerprint density at radius 1 is 1.38 bits per heavy atom. The summed E-state index contributed by atoms with van der Waals surface area (Å²) in [5, 5.41) is 12.0. The molecule has 6 heteroatoms. The van der Waals surface area contributed by atoms with Crippen LogP contribution in [0.3, 0.4) is 0 Å². The van der Waals surface area contributed by atoms with Gasteiger partial charge in [0.15, 0.2) is 0 Å². The van der Waals surface area contributed by atoms with Crippen molar-refractivity contribution in [3.05, 3.63) is 48.4 Å². The van der Waals surface area contributed by atoms with Gasteiger partial charge in [-0.1, -0.05) is 6.07 Å². The van der Waals surface area contributed by atoms with Crippen molar-refractivity contribution in [3.8, 4) is 6.07 Å². The van der Waals surface area contributed by atoms with E-state index in [9.17, 15) is 4.79 Å². The van der Waals surface area contributed by atoms with Crippen LogP contribution in [-0.2, 0) is 0 Å². The van der Waals surface area contributed by atoms with E-state index >= 15 is 0 Å². The van der Waals surface area contributed by atoms with Crippen LogP contribution >= 0.6 is 0 Å². The first-order valence-electron chi connectivity index (χ1n) is 8.05. The van der Waals surface area contributed by atoms with E-state index in [0.717, 1.165) is 12.2 Å². The Kier molecular flexibility index (Phi) is 5.02. The molecule has 1 heterocycles. The van der Waals surface area contributed by atoms with Gasteiger partial charge < -0.3 is 10.2 Å². The number of carbonyl (C=O) groups is 1. The van der Waals surface area contributed by atoms with Gasteiger partial charge in [0.1, 0.15) is 5.82 Å². The van der Waals surface area contributed by atoms with Crippen LogP contribution in [0.2, 0.25) is 0 Å². The highest BCUT2D eigenvalue weighted by Gasteiger charge is 2.27. The highest BCUT2D eigenvalue weighted by molar-refractivity contribution is 5.95. The Balaban J connectivity index is 1.73. The fourth-order valence-electron chi connectivity index (χ4n) is 2.50. The number of benzene rings is 1. The number of nitrogens with zero attached hydrogens (tertiary/aromatic N) is 4. The lowest BCUT2D eigenvalue weighted by atomic mass is 10.1. The monoisotopic (exact) mass is 321 g/mol. The number of nitrogens with one attached hydrogen (secondary N) is 1. The summed E-state index contributed by atoms with van der Waals surface area (Å²) < 4.78 is 0. The number of rotatable bonds is 7. The van der Waals surface area contributed by atoms with Gasteiger partial charge in [-0.25, -0.2) is 4.98 Å². The second-order valence-corrected chi connectivity index (χ2v) is 5.90. The Labute approximate surface area is 141 Å². The summed E-state index contributed by atoms with van der Waals surface area (Å²) in [5.74, 6) is 1.19. The first-order valence-corrected chi connectivity index (χ1v) is 8.05. The first kappa shape index (κ1) is 15.9. The maximum absolute atomic E-state index is 12.8. The average Bonchev–Trinajstić information content (AvgIpc) is 3.43. The molecule has 1 amide bonds. The lowest BCUT2D eigenvalue weighted by Gasteiger charge is -2.22. The molecule has 24 heavy (non-hydrogen) atoms. The molecule has 0 radical (unpaired) electrons. The molecule has 1 aliphatic carbocycles. The van der Waals surface area contributed by atoms with Gasteiger partial charge in [-0.2, -0.15) is 5.26 Å². The van der Waals surface area contributed by atoms with Gasteiger partial charge in [0.05, 0.1) is 18.7 Å². The van der Waals surface area contributed by atoms with Crippen LogP contribution in [0.15, 0.2) is 42.9 Å². The molecule has 6 nitrogen and oxygen atoms in total. The molecule has 2 aromatic rings. The van der Waals surface area contributed by atoms with E-state index in [1.165, 1.54) is 12.8 Å². The molecule has 1 aliphatic rings. The van der Waals surface area contributed by atoms with Crippen LogP contribution in [0.5, 0.6) is 0 Å². The summed E-state index contributed by atoms with van der Waals surface area (Å²) in [5.41, 5.74) is 1.40. The summed E-state index contributed by atoms with van der Waals surface area (Å²) >= 11 is 0. The molecule has 1 saturated carbocycles. The summed E-state index contributed by atoms with van der Waals surface area (Å²) in [6.45, 7) is 1.22. The van der Waals surface area contributed by atoms with E-state index < -0.39 is 0 Å².